The van der Waals surface area contributed by atoms with Gasteiger partial charge in [0.05, 0.1) is 50.3 Å². The Morgan fingerprint density at radius 3 is 0.817 bits per heavy atom. The molecule has 7 aliphatic heterocycles. The number of anilines is 4. The van der Waals surface area contributed by atoms with Crippen molar-refractivity contribution in [2.75, 3.05) is 49.4 Å². The molecule has 22 rings (SSSR count). The Morgan fingerprint density at radius 1 is 0.338 bits per heavy atom. The summed E-state index contributed by atoms with van der Waals surface area (Å²) in [6.07, 6.45) is 1.01. The molecule has 0 spiro atoms. The summed E-state index contributed by atoms with van der Waals surface area (Å²) >= 11 is 0. The quantitative estimate of drug-likeness (QED) is 0.0292. The second-order valence-electron chi connectivity index (χ2n) is 38.4. The van der Waals surface area contributed by atoms with Crippen molar-refractivity contribution in [2.24, 2.45) is 0 Å². The Kier molecular flexibility index (Phi) is 26.4. The van der Waals surface area contributed by atoms with E-state index in [9.17, 15) is 25.8 Å². The number of aliphatic hydroxyl groups excluding tert-OH is 2. The number of benzene rings is 9. The predicted molar refractivity (Wildman–Crippen MR) is 523 cm³/mol. The largest absolute Gasteiger partial charge is 0.458 e. The van der Waals surface area contributed by atoms with Crippen LogP contribution in [0.4, 0.5) is 23.0 Å². The molecule has 7 saturated heterocycles. The smallest absolute Gasteiger partial charge is 0.226 e. The normalized spacial score (nSPS) is 26.5. The van der Waals surface area contributed by atoms with Gasteiger partial charge in [0, 0.05) is 22.3 Å². The van der Waals surface area contributed by atoms with Crippen LogP contribution >= 0.6 is 0 Å². The van der Waals surface area contributed by atoms with E-state index in [1.54, 1.807) is 6.26 Å². The van der Waals surface area contributed by atoms with Crippen LogP contribution in [0.3, 0.4) is 0 Å². The minimum Gasteiger partial charge on any atom is -0.458 e. The van der Waals surface area contributed by atoms with Gasteiger partial charge >= 0.3 is 0 Å². The van der Waals surface area contributed by atoms with Crippen molar-refractivity contribution in [2.45, 2.75) is 199 Å². The van der Waals surface area contributed by atoms with Crippen molar-refractivity contribution < 1.29 is 94.6 Å². The number of nitrogens with zero attached hydrogens (tertiary/aromatic N) is 6. The first-order valence-electron chi connectivity index (χ1n) is 47.0. The van der Waals surface area contributed by atoms with Gasteiger partial charge in [0.1, 0.15) is 161 Å². The van der Waals surface area contributed by atoms with Crippen molar-refractivity contribution in [3.8, 4) is 12.1 Å². The summed E-state index contributed by atoms with van der Waals surface area (Å²) in [4.78, 5) is 16.4. The standard InChI is InChI=1S/C34H33N3O5.2C33H32N2O5.C12H15N3O5/c1-32(2)41-30-26(40-29(33(30,3)42-32)25-19-38-28-27(25)36-21-37-31(28)35)20-39-34(22-13-7-4-8-14-22,23-15-9-5-10-16-23)24-17-11-6-12-18-24;2*1-31(2)39-30-27(38-29(32(30,3)40-31)25-20-36-26(19-34)28(25)35)21-37-33(22-13-7-4-8-14-22,23-15-9-5-10-16-23)24-17-11-6-12-18-24;1-12(18)9(17)6(2-16)20-10(12)5-3-19-8-7(5)14-4-15-11(8)13/h4-19,21,26,29-30H,20H2,1-3H3,(H2,35,36,37);2*4-18,20,27,29-30H,21,35H2,1-3H3;3-4,6,9-10,16-18H,2H2,1H3,(H2,13,14,15)/t26?,29-,30+,33-;27?,29-,30+,32-;27?,29-,30-,32+;6?,9-,10+,12-/m0011/s1. The van der Waals surface area contributed by atoms with Gasteiger partial charge in [0.15, 0.2) is 40.2 Å². The molecule has 0 amide bonds. The molecule has 13 heterocycles. The number of nitrogen functional groups attached to an aromatic ring is 4. The van der Waals surface area contributed by atoms with E-state index in [2.05, 4.69) is 129 Å². The molecule has 15 aromatic rings. The summed E-state index contributed by atoms with van der Waals surface area (Å²) in [5.74, 6) is -1.99. The molecule has 4 unspecified atom stereocenters. The zero-order valence-electron chi connectivity index (χ0n) is 80.0. The molecule has 16 atom stereocenters. The van der Waals surface area contributed by atoms with E-state index in [0.717, 1.165) is 55.6 Å². The molecule has 0 saturated carbocycles. The van der Waals surface area contributed by atoms with Crippen molar-refractivity contribution >= 4 is 45.2 Å². The molecule has 142 heavy (non-hydrogen) atoms. The number of hydrogen-bond acceptors (Lipinski definition) is 30. The van der Waals surface area contributed by atoms with Crippen LogP contribution in [0.2, 0.25) is 0 Å². The SMILES string of the molecule is CC1(C)O[C@@H]2C(COC(c3ccccc3)(c3ccccc3)c3ccccc3)O[C@@H](c3coc(C#N)c3N)[C@]2(C)O1.CC1(C)O[C@@H]2C(COC(c3ccccc3)(c3ccccc3)c3ccccc3)O[C@@H](c3coc4c(N)ncnc34)[C@]2(C)O1.CC1(C)O[C@@H]2C(COC(c3ccccc3)(c3ccccc3)c3ccccc3)O[C@H](c3coc(C#N)c3N)[C@]2(C)O1.C[C@@]1(O)[C@H](O)C(CO)O[C@H]1c1coc2c(N)ncnc12. The van der Waals surface area contributed by atoms with Gasteiger partial charge in [0.2, 0.25) is 11.5 Å². The third-order valence-corrected chi connectivity index (χ3v) is 27.7. The molecular formula is C112H112N10O20. The molecule has 0 aliphatic carbocycles. The van der Waals surface area contributed by atoms with E-state index >= 15 is 0 Å². The van der Waals surface area contributed by atoms with E-state index < -0.39 is 136 Å². The Hall–Kier alpha value is -13.7. The van der Waals surface area contributed by atoms with Gasteiger partial charge in [-0.15, -0.1) is 0 Å². The number of nitriles is 2. The highest BCUT2D eigenvalue weighted by atomic mass is 16.8. The number of rotatable bonds is 23. The first-order chi connectivity index (χ1) is 68.3. The highest BCUT2D eigenvalue weighted by Crippen LogP contribution is 2.60. The molecular weight excluding hydrogens is 1810 g/mol. The Morgan fingerprint density at radius 2 is 0.577 bits per heavy atom. The lowest BCUT2D eigenvalue weighted by Crippen LogP contribution is -2.42. The minimum atomic E-state index is -1.58. The number of furan rings is 4. The molecule has 0 radical (unpaired) electrons. The molecule has 30 nitrogen and oxygen atoms in total. The summed E-state index contributed by atoms with van der Waals surface area (Å²) < 4.78 is 108. The number of aromatic nitrogens is 4. The predicted octanol–water partition coefficient (Wildman–Crippen LogP) is 17.7. The van der Waals surface area contributed by atoms with Crippen LogP contribution in [-0.2, 0) is 78.4 Å². The van der Waals surface area contributed by atoms with Crippen LogP contribution in [-0.4, -0.2) is 150 Å². The van der Waals surface area contributed by atoms with Crippen molar-refractivity contribution in [1.29, 1.82) is 10.5 Å². The number of fused-ring (bicyclic) bond motifs is 5. The number of hydrogen-bond donors (Lipinski definition) is 7. The van der Waals surface area contributed by atoms with Gasteiger partial charge in [0.25, 0.3) is 0 Å². The zero-order chi connectivity index (χ0) is 99.4. The second-order valence-corrected chi connectivity index (χ2v) is 38.4. The number of ether oxygens (including phenoxy) is 13. The second kappa shape index (κ2) is 38.6. The topological polar surface area (TPSA) is 436 Å². The van der Waals surface area contributed by atoms with Gasteiger partial charge < -0.3 is 118 Å². The van der Waals surface area contributed by atoms with Crippen LogP contribution in [0.5, 0.6) is 0 Å². The minimum absolute atomic E-state index is 0.0490. The lowest BCUT2D eigenvalue weighted by molar-refractivity contribution is -0.210. The first-order valence-corrected chi connectivity index (χ1v) is 47.0. The maximum atomic E-state index is 10.4. The molecule has 11 N–H and O–H groups in total. The van der Waals surface area contributed by atoms with Crippen LogP contribution in [0, 0.1) is 22.7 Å². The zero-order valence-corrected chi connectivity index (χ0v) is 80.0. The molecule has 30 heteroatoms. The molecule has 730 valence electrons. The van der Waals surface area contributed by atoms with Gasteiger partial charge in [-0.05, 0) is 119 Å². The lowest BCUT2D eigenvalue weighted by Gasteiger charge is -2.37. The van der Waals surface area contributed by atoms with Crippen molar-refractivity contribution in [3.63, 3.8) is 0 Å². The monoisotopic (exact) mass is 1920 g/mol. The van der Waals surface area contributed by atoms with Crippen LogP contribution in [0.1, 0.15) is 177 Å². The molecule has 6 aromatic heterocycles. The molecule has 7 aliphatic rings. The van der Waals surface area contributed by atoms with Gasteiger partial charge in [-0.3, -0.25) is 0 Å². The summed E-state index contributed by atoms with van der Waals surface area (Å²) in [7, 11) is 0. The Labute approximate surface area is 820 Å². The van der Waals surface area contributed by atoms with Gasteiger partial charge in [-0.1, -0.05) is 273 Å². The Balaban J connectivity index is 0.000000123. The van der Waals surface area contributed by atoms with E-state index in [0.29, 0.717) is 38.9 Å². The Bertz CT molecular complexity index is 6450. The molecule has 9 aromatic carbocycles. The lowest BCUT2D eigenvalue weighted by atomic mass is 9.80. The van der Waals surface area contributed by atoms with E-state index in [4.69, 9.17) is 102 Å². The first kappa shape index (κ1) is 97.2. The van der Waals surface area contributed by atoms with Crippen molar-refractivity contribution in [1.82, 2.24) is 19.9 Å². The van der Waals surface area contributed by atoms with Crippen LogP contribution in [0.25, 0.3) is 22.2 Å². The van der Waals surface area contributed by atoms with Gasteiger partial charge in [-0.2, -0.15) is 10.5 Å². The highest BCUT2D eigenvalue weighted by molar-refractivity contribution is 5.86. The molecule has 7 fully saturated rings. The fraction of sp³-hybridized carbons (Fsp3) is 0.321. The average Bonchev–Trinajstić information content (AvgIpc) is 1.56. The van der Waals surface area contributed by atoms with Crippen molar-refractivity contribution in [3.05, 3.63) is 395 Å². The summed E-state index contributed by atoms with van der Waals surface area (Å²) in [6, 6.07) is 96.0. The fourth-order valence-corrected chi connectivity index (χ4v) is 21.6. The number of nitrogens with two attached hydrogens (primary N) is 4. The van der Waals surface area contributed by atoms with Crippen LogP contribution in [0.15, 0.2) is 328 Å². The molecule has 0 bridgehead atoms. The third kappa shape index (κ3) is 17.4. The van der Waals surface area contributed by atoms with E-state index in [1.807, 2.05) is 238 Å². The van der Waals surface area contributed by atoms with E-state index in [-0.39, 0.29) is 54.4 Å². The average molecular weight is 1920 g/mol. The maximum absolute atomic E-state index is 10.4. The van der Waals surface area contributed by atoms with Crippen LogP contribution < -0.4 is 22.9 Å². The fourth-order valence-electron chi connectivity index (χ4n) is 21.6. The third-order valence-electron chi connectivity index (χ3n) is 27.7. The summed E-state index contributed by atoms with van der Waals surface area (Å²) in [5.41, 5.74) is 30.9. The summed E-state index contributed by atoms with van der Waals surface area (Å²) in [5, 5.41) is 48.4. The summed E-state index contributed by atoms with van der Waals surface area (Å²) in [6.45, 7) is 18.9. The van der Waals surface area contributed by atoms with E-state index in [1.165, 1.54) is 38.4 Å². The highest BCUT2D eigenvalue weighted by Gasteiger charge is 2.68. The van der Waals surface area contributed by atoms with Gasteiger partial charge in [-0.25, -0.2) is 19.9 Å². The maximum Gasteiger partial charge on any atom is 0.226 e. The number of aliphatic hydroxyl groups is 3.